The summed E-state index contributed by atoms with van der Waals surface area (Å²) in [6.45, 7) is 1.88. The Morgan fingerprint density at radius 1 is 1.03 bits per heavy atom. The molecule has 5 heterocycles. The Labute approximate surface area is 174 Å². The van der Waals surface area contributed by atoms with Crippen LogP contribution in [0.2, 0.25) is 0 Å². The van der Waals surface area contributed by atoms with Gasteiger partial charge in [0.15, 0.2) is 11.4 Å². The maximum absolute atomic E-state index is 12.4. The molecular formula is C22H27N5O3. The molecular weight excluding hydrogens is 382 g/mol. The first-order valence-electron chi connectivity index (χ1n) is 10.6. The van der Waals surface area contributed by atoms with Crippen LogP contribution >= 0.6 is 0 Å². The quantitative estimate of drug-likeness (QED) is 0.594. The molecule has 0 spiro atoms. The van der Waals surface area contributed by atoms with Gasteiger partial charge in [-0.3, -0.25) is 14.3 Å². The molecule has 2 aliphatic heterocycles. The third kappa shape index (κ3) is 4.53. The second-order valence-corrected chi connectivity index (χ2v) is 7.85. The molecule has 6 bridgehead atoms. The van der Waals surface area contributed by atoms with Crippen LogP contribution < -0.4 is 10.7 Å². The van der Waals surface area contributed by atoms with Crippen LogP contribution in [0.15, 0.2) is 35.5 Å². The lowest BCUT2D eigenvalue weighted by Gasteiger charge is -2.10. The van der Waals surface area contributed by atoms with Crippen LogP contribution in [0.1, 0.15) is 54.6 Å². The minimum absolute atomic E-state index is 0.246. The lowest BCUT2D eigenvalue weighted by Crippen LogP contribution is -2.32. The van der Waals surface area contributed by atoms with E-state index in [0.29, 0.717) is 13.1 Å². The Morgan fingerprint density at radius 3 is 2.77 bits per heavy atom. The maximum Gasteiger partial charge on any atom is 0.275 e. The highest BCUT2D eigenvalue weighted by Crippen LogP contribution is 2.18. The highest BCUT2D eigenvalue weighted by molar-refractivity contribution is 5.92. The van der Waals surface area contributed by atoms with Gasteiger partial charge in [-0.15, -0.1) is 0 Å². The molecule has 0 saturated heterocycles. The zero-order chi connectivity index (χ0) is 20.9. The Hall–Kier alpha value is -3.16. The first-order valence-corrected chi connectivity index (χ1v) is 10.6. The molecule has 2 aliphatic rings. The molecule has 0 unspecified atom stereocenters. The summed E-state index contributed by atoms with van der Waals surface area (Å²) in [5.41, 5.74) is 1.28. The molecule has 30 heavy (non-hydrogen) atoms. The second kappa shape index (κ2) is 9.11. The predicted octanol–water partition coefficient (Wildman–Crippen LogP) is 2.63. The van der Waals surface area contributed by atoms with Crippen molar-refractivity contribution in [3.63, 3.8) is 0 Å². The summed E-state index contributed by atoms with van der Waals surface area (Å²) in [6.07, 6.45) is 11.8. The molecule has 3 aromatic rings. The number of pyridine rings is 1. The average molecular weight is 409 g/mol. The van der Waals surface area contributed by atoms with E-state index < -0.39 is 17.1 Å². The van der Waals surface area contributed by atoms with Crippen LogP contribution in [-0.2, 0) is 19.5 Å². The lowest BCUT2D eigenvalue weighted by atomic mass is 10.1. The molecule has 1 amide bonds. The number of hydrogen-bond acceptors (Lipinski definition) is 5. The zero-order valence-electron chi connectivity index (χ0n) is 17.0. The van der Waals surface area contributed by atoms with Gasteiger partial charge < -0.3 is 15.0 Å². The number of amides is 1. The van der Waals surface area contributed by atoms with Gasteiger partial charge in [0.1, 0.15) is 5.65 Å². The molecule has 2 N–H and O–H groups in total. The summed E-state index contributed by atoms with van der Waals surface area (Å²) in [4.78, 5) is 29.2. The number of carbonyl (C=O) groups is 1. The summed E-state index contributed by atoms with van der Waals surface area (Å²) in [6, 6.07) is 4.34. The Balaban J connectivity index is 1.51. The molecule has 0 aromatic carbocycles. The van der Waals surface area contributed by atoms with Crippen LogP contribution in [-0.4, -0.2) is 36.9 Å². The first kappa shape index (κ1) is 20.1. The van der Waals surface area contributed by atoms with Gasteiger partial charge in [-0.05, 0) is 56.2 Å². The van der Waals surface area contributed by atoms with E-state index in [1.807, 2.05) is 6.20 Å². The number of carbonyl (C=O) groups excluding carboxylic acids is 1. The Bertz CT molecular complexity index is 1100. The number of fused-ring (bicyclic) bond motifs is 11. The van der Waals surface area contributed by atoms with Crippen molar-refractivity contribution in [1.29, 1.82) is 0 Å². The molecule has 0 aliphatic carbocycles. The zero-order valence-corrected chi connectivity index (χ0v) is 17.0. The van der Waals surface area contributed by atoms with Crippen LogP contribution in [0, 0.1) is 0 Å². The van der Waals surface area contributed by atoms with Crippen molar-refractivity contribution >= 4 is 16.9 Å². The van der Waals surface area contributed by atoms with Gasteiger partial charge in [-0.25, -0.2) is 4.98 Å². The number of nitrogens with zero attached hydrogens (tertiary/aromatic N) is 4. The lowest BCUT2D eigenvalue weighted by molar-refractivity contribution is 0.0943. The monoisotopic (exact) mass is 409 g/mol. The third-order valence-corrected chi connectivity index (χ3v) is 5.53. The van der Waals surface area contributed by atoms with Gasteiger partial charge in [-0.2, -0.15) is 5.10 Å². The van der Waals surface area contributed by atoms with E-state index in [2.05, 4.69) is 38.3 Å². The fourth-order valence-electron chi connectivity index (χ4n) is 3.88. The van der Waals surface area contributed by atoms with Crippen molar-refractivity contribution in [1.82, 2.24) is 24.6 Å². The van der Waals surface area contributed by atoms with Gasteiger partial charge in [-0.1, -0.05) is 6.42 Å². The van der Waals surface area contributed by atoms with Crippen LogP contribution in [0.5, 0.6) is 5.75 Å². The molecule has 158 valence electrons. The smallest absolute Gasteiger partial charge is 0.275 e. The van der Waals surface area contributed by atoms with Gasteiger partial charge in [0, 0.05) is 37.4 Å². The number of aryl methyl sites for hydroxylation is 3. The van der Waals surface area contributed by atoms with Crippen LogP contribution in [0.3, 0.4) is 0 Å². The van der Waals surface area contributed by atoms with Gasteiger partial charge in [0.25, 0.3) is 11.3 Å². The standard InChI is InChI=1S/C22H27N5O3/c28-18-15-27-11-6-2-5-10-26-12-8-17-13-16(14-24-21(17)26)7-3-1-4-9-23-22(30)19(25-27)20(18)29/h8,12-15,28H,1-7,9-11H2,(H,23,30). The van der Waals surface area contributed by atoms with E-state index in [1.165, 1.54) is 21.8 Å². The van der Waals surface area contributed by atoms with E-state index in [0.717, 1.165) is 57.1 Å². The fourth-order valence-corrected chi connectivity index (χ4v) is 3.88. The van der Waals surface area contributed by atoms with Crippen molar-refractivity contribution in [3.8, 4) is 5.75 Å². The normalized spacial score (nSPS) is 16.6. The van der Waals surface area contributed by atoms with Crippen LogP contribution in [0.4, 0.5) is 0 Å². The average Bonchev–Trinajstić information content (AvgIpc) is 3.14. The van der Waals surface area contributed by atoms with Gasteiger partial charge >= 0.3 is 0 Å². The third-order valence-electron chi connectivity index (χ3n) is 5.53. The van der Waals surface area contributed by atoms with Gasteiger partial charge in [0.05, 0.1) is 6.20 Å². The molecule has 0 radical (unpaired) electrons. The van der Waals surface area contributed by atoms with Crippen molar-refractivity contribution in [3.05, 3.63) is 52.2 Å². The number of aromatic hydroxyl groups is 1. The Morgan fingerprint density at radius 2 is 1.87 bits per heavy atom. The summed E-state index contributed by atoms with van der Waals surface area (Å²) in [7, 11) is 0. The summed E-state index contributed by atoms with van der Waals surface area (Å²) >= 11 is 0. The summed E-state index contributed by atoms with van der Waals surface area (Å²) < 4.78 is 3.67. The number of aromatic nitrogens is 4. The summed E-state index contributed by atoms with van der Waals surface area (Å²) in [5, 5.41) is 18.0. The molecule has 5 rings (SSSR count). The fraction of sp³-hybridized carbons (Fsp3) is 0.455. The molecule has 0 saturated carbocycles. The van der Waals surface area contributed by atoms with E-state index in [1.54, 1.807) is 0 Å². The molecule has 8 nitrogen and oxygen atoms in total. The van der Waals surface area contributed by atoms with Crippen LogP contribution in [0.25, 0.3) is 11.0 Å². The van der Waals surface area contributed by atoms with Crippen molar-refractivity contribution in [2.45, 2.75) is 58.0 Å². The highest BCUT2D eigenvalue weighted by atomic mass is 16.3. The summed E-state index contributed by atoms with van der Waals surface area (Å²) in [5.74, 6) is -0.975. The second-order valence-electron chi connectivity index (χ2n) is 7.85. The van der Waals surface area contributed by atoms with Gasteiger partial charge in [0.2, 0.25) is 0 Å². The Kier molecular flexibility index (Phi) is 6.11. The number of hydrogen-bond donors (Lipinski definition) is 2. The largest absolute Gasteiger partial charge is 0.503 e. The molecule has 0 fully saturated rings. The SMILES string of the molecule is O=C1NCCCCCc2cnc3c(ccn3CCCCCn3cc(O)c(=O)c1n3)c2. The predicted molar refractivity (Wildman–Crippen MR) is 114 cm³/mol. The minimum atomic E-state index is -0.724. The topological polar surface area (TPSA) is 102 Å². The molecule has 8 heteroatoms. The minimum Gasteiger partial charge on any atom is -0.503 e. The van der Waals surface area contributed by atoms with E-state index in [9.17, 15) is 14.7 Å². The molecule has 3 aromatic heterocycles. The van der Waals surface area contributed by atoms with E-state index >= 15 is 0 Å². The number of rotatable bonds is 0. The van der Waals surface area contributed by atoms with E-state index in [-0.39, 0.29) is 5.69 Å². The highest BCUT2D eigenvalue weighted by Gasteiger charge is 2.16. The van der Waals surface area contributed by atoms with Crippen molar-refractivity contribution < 1.29 is 9.90 Å². The molecule has 0 atom stereocenters. The van der Waals surface area contributed by atoms with E-state index in [4.69, 9.17) is 0 Å². The number of nitrogens with one attached hydrogen (secondary N) is 1. The van der Waals surface area contributed by atoms with Crippen molar-refractivity contribution in [2.24, 2.45) is 0 Å². The maximum atomic E-state index is 12.4. The first-order chi connectivity index (χ1) is 14.6. The van der Waals surface area contributed by atoms with Crippen molar-refractivity contribution in [2.75, 3.05) is 6.54 Å².